The predicted octanol–water partition coefficient (Wildman–Crippen LogP) is 12.5. The number of rotatable bonds is 3. The number of hydrogen-bond acceptors (Lipinski definition) is 0. The molecule has 0 nitrogen and oxygen atoms in total. The third-order valence-electron chi connectivity index (χ3n) is 9.18. The van der Waals surface area contributed by atoms with Crippen molar-refractivity contribution in [2.45, 2.75) is 0 Å². The Hall–Kier alpha value is -5.72. The molecule has 0 unspecified atom stereocenters. The summed E-state index contributed by atoms with van der Waals surface area (Å²) < 4.78 is 0. The topological polar surface area (TPSA) is 0 Å². The Morgan fingerprint density at radius 1 is 0.227 bits per heavy atom. The zero-order chi connectivity index (χ0) is 29.0. The Bertz CT molecular complexity index is 2480. The number of hydrogen-bond donors (Lipinski definition) is 0. The van der Waals surface area contributed by atoms with E-state index in [0.717, 1.165) is 0 Å². The smallest absolute Gasteiger partial charge is 0.00266 e. The molecule has 0 fully saturated rings. The number of fused-ring (bicyclic) bond motifs is 6. The Kier molecular flexibility index (Phi) is 5.61. The van der Waals surface area contributed by atoms with Gasteiger partial charge in [-0.3, -0.25) is 0 Å². The molecule has 0 saturated heterocycles. The van der Waals surface area contributed by atoms with Crippen LogP contribution in [0, 0.1) is 0 Å². The third-order valence-corrected chi connectivity index (χ3v) is 9.18. The summed E-state index contributed by atoms with van der Waals surface area (Å²) in [4.78, 5) is 0. The minimum atomic E-state index is 1.24. The van der Waals surface area contributed by atoms with Crippen molar-refractivity contribution in [2.75, 3.05) is 0 Å². The maximum Gasteiger partial charge on any atom is -0.00266 e. The van der Waals surface area contributed by atoms with Crippen LogP contribution >= 0.6 is 0 Å². The van der Waals surface area contributed by atoms with Gasteiger partial charge in [-0.1, -0.05) is 140 Å². The highest BCUT2D eigenvalue weighted by atomic mass is 14.2. The van der Waals surface area contributed by atoms with Gasteiger partial charge in [-0.2, -0.15) is 0 Å². The van der Waals surface area contributed by atoms with Crippen LogP contribution in [0.1, 0.15) is 0 Å². The first-order valence-electron chi connectivity index (χ1n) is 15.3. The standard InChI is InChI=1S/C44H28/c1-2-10-29(11-3-1)42-27-30-12-4-5-13-31(30)28-43(42)36-20-22-38-34(25-36)18-19-35-26-37(21-23-39(35)38)44-40-16-8-6-14-32(40)24-33-15-7-9-17-41(33)44/h1-28H. The van der Waals surface area contributed by atoms with Crippen molar-refractivity contribution in [3.8, 4) is 33.4 Å². The van der Waals surface area contributed by atoms with E-state index in [9.17, 15) is 0 Å². The minimum Gasteiger partial charge on any atom is -0.0622 e. The summed E-state index contributed by atoms with van der Waals surface area (Å²) in [6.07, 6.45) is 0. The van der Waals surface area contributed by atoms with E-state index in [-0.39, 0.29) is 0 Å². The van der Waals surface area contributed by atoms with Crippen LogP contribution in [-0.4, -0.2) is 0 Å². The Balaban J connectivity index is 1.22. The lowest BCUT2D eigenvalue weighted by molar-refractivity contribution is 1.62. The summed E-state index contributed by atoms with van der Waals surface area (Å²) in [6, 6.07) is 62.4. The third kappa shape index (κ3) is 4.00. The van der Waals surface area contributed by atoms with Gasteiger partial charge in [-0.15, -0.1) is 0 Å². The highest BCUT2D eigenvalue weighted by Gasteiger charge is 2.13. The molecular formula is C44H28. The van der Waals surface area contributed by atoms with E-state index in [1.807, 2.05) is 0 Å². The van der Waals surface area contributed by atoms with Crippen LogP contribution < -0.4 is 0 Å². The maximum absolute atomic E-state index is 2.37. The molecule has 0 aromatic heterocycles. The molecule has 9 rings (SSSR count). The van der Waals surface area contributed by atoms with E-state index < -0.39 is 0 Å². The molecule has 9 aromatic carbocycles. The van der Waals surface area contributed by atoms with Crippen LogP contribution in [0.25, 0.3) is 87.2 Å². The Labute approximate surface area is 256 Å². The normalized spacial score (nSPS) is 11.6. The molecule has 0 atom stereocenters. The van der Waals surface area contributed by atoms with E-state index in [1.165, 1.54) is 87.2 Å². The molecule has 0 aliphatic heterocycles. The fourth-order valence-corrected chi connectivity index (χ4v) is 7.05. The van der Waals surface area contributed by atoms with E-state index in [4.69, 9.17) is 0 Å². The summed E-state index contributed by atoms with van der Waals surface area (Å²) in [6.45, 7) is 0. The fourth-order valence-electron chi connectivity index (χ4n) is 7.05. The second kappa shape index (κ2) is 9.93. The lowest BCUT2D eigenvalue weighted by Gasteiger charge is -2.15. The predicted molar refractivity (Wildman–Crippen MR) is 190 cm³/mol. The van der Waals surface area contributed by atoms with Crippen molar-refractivity contribution in [2.24, 2.45) is 0 Å². The quantitative estimate of drug-likeness (QED) is 0.150. The van der Waals surface area contributed by atoms with Gasteiger partial charge in [0.15, 0.2) is 0 Å². The Morgan fingerprint density at radius 2 is 0.682 bits per heavy atom. The highest BCUT2D eigenvalue weighted by Crippen LogP contribution is 2.40. The van der Waals surface area contributed by atoms with Crippen LogP contribution in [0.5, 0.6) is 0 Å². The lowest BCUT2D eigenvalue weighted by Crippen LogP contribution is -1.88. The van der Waals surface area contributed by atoms with Crippen LogP contribution in [-0.2, 0) is 0 Å². The molecule has 0 heterocycles. The highest BCUT2D eigenvalue weighted by molar-refractivity contribution is 6.15. The second-order valence-electron chi connectivity index (χ2n) is 11.7. The van der Waals surface area contributed by atoms with E-state index >= 15 is 0 Å². The summed E-state index contributed by atoms with van der Waals surface area (Å²) in [5.41, 5.74) is 7.55. The fraction of sp³-hybridized carbons (Fsp3) is 0. The first-order valence-corrected chi connectivity index (χ1v) is 15.3. The summed E-state index contributed by atoms with van der Waals surface area (Å²) >= 11 is 0. The van der Waals surface area contributed by atoms with Gasteiger partial charge in [0.25, 0.3) is 0 Å². The van der Waals surface area contributed by atoms with Crippen LogP contribution in [0.4, 0.5) is 0 Å². The van der Waals surface area contributed by atoms with Gasteiger partial charge in [-0.25, -0.2) is 0 Å². The molecule has 0 amide bonds. The van der Waals surface area contributed by atoms with Crippen LogP contribution in [0.3, 0.4) is 0 Å². The first kappa shape index (κ1) is 24.8. The van der Waals surface area contributed by atoms with Crippen molar-refractivity contribution >= 4 is 53.9 Å². The van der Waals surface area contributed by atoms with Gasteiger partial charge in [-0.05, 0) is 118 Å². The van der Waals surface area contributed by atoms with Gasteiger partial charge >= 0.3 is 0 Å². The van der Waals surface area contributed by atoms with E-state index in [0.29, 0.717) is 0 Å². The van der Waals surface area contributed by atoms with Gasteiger partial charge in [0.1, 0.15) is 0 Å². The molecule has 0 aliphatic carbocycles. The summed E-state index contributed by atoms with van der Waals surface area (Å²) in [5.74, 6) is 0. The molecule has 204 valence electrons. The molecule has 0 N–H and O–H groups in total. The van der Waals surface area contributed by atoms with Crippen molar-refractivity contribution in [1.29, 1.82) is 0 Å². The molecule has 0 aliphatic rings. The molecule has 0 heteroatoms. The monoisotopic (exact) mass is 556 g/mol. The summed E-state index contributed by atoms with van der Waals surface area (Å²) in [5, 5.41) is 12.7. The molecule has 0 saturated carbocycles. The lowest BCUT2D eigenvalue weighted by atomic mass is 9.89. The van der Waals surface area contributed by atoms with Crippen LogP contribution in [0.15, 0.2) is 170 Å². The number of benzene rings is 9. The molecular weight excluding hydrogens is 528 g/mol. The molecule has 0 radical (unpaired) electrons. The minimum absolute atomic E-state index is 1.24. The van der Waals surface area contributed by atoms with Gasteiger partial charge in [0.05, 0.1) is 0 Å². The van der Waals surface area contributed by atoms with Crippen LogP contribution in [0.2, 0.25) is 0 Å². The SMILES string of the molecule is c1ccc(-c2cc3ccccc3cc2-c2ccc3c(ccc4cc(-c5c6ccccc6cc6ccccc56)ccc43)c2)cc1. The zero-order valence-corrected chi connectivity index (χ0v) is 24.2. The molecule has 44 heavy (non-hydrogen) atoms. The Morgan fingerprint density at radius 3 is 1.30 bits per heavy atom. The van der Waals surface area contributed by atoms with Crippen molar-refractivity contribution in [3.63, 3.8) is 0 Å². The van der Waals surface area contributed by atoms with Crippen molar-refractivity contribution < 1.29 is 0 Å². The van der Waals surface area contributed by atoms with Gasteiger partial charge in [0.2, 0.25) is 0 Å². The molecule has 9 aromatic rings. The molecule has 0 spiro atoms. The van der Waals surface area contributed by atoms with Crippen molar-refractivity contribution in [1.82, 2.24) is 0 Å². The van der Waals surface area contributed by atoms with Gasteiger partial charge < -0.3 is 0 Å². The average molecular weight is 557 g/mol. The van der Waals surface area contributed by atoms with Gasteiger partial charge in [0, 0.05) is 0 Å². The zero-order valence-electron chi connectivity index (χ0n) is 24.2. The van der Waals surface area contributed by atoms with E-state index in [1.54, 1.807) is 0 Å². The maximum atomic E-state index is 2.37. The van der Waals surface area contributed by atoms with E-state index in [2.05, 4.69) is 170 Å². The average Bonchev–Trinajstić information content (AvgIpc) is 3.09. The second-order valence-corrected chi connectivity index (χ2v) is 11.7. The molecule has 0 bridgehead atoms. The summed E-state index contributed by atoms with van der Waals surface area (Å²) in [7, 11) is 0. The van der Waals surface area contributed by atoms with Crippen molar-refractivity contribution in [3.05, 3.63) is 170 Å². The first-order chi connectivity index (χ1) is 21.8. The largest absolute Gasteiger partial charge is 0.0622 e.